The molecule has 69 heavy (non-hydrogen) atoms. The topological polar surface area (TPSA) is 346 Å². The largest absolute Gasteiger partial charge is 1.00 e. The van der Waals surface area contributed by atoms with Crippen molar-refractivity contribution in [3.8, 4) is 0 Å². The molecule has 4 aromatic carbocycles. The van der Waals surface area contributed by atoms with Crippen LogP contribution in [0.1, 0.15) is 1.43 Å². The minimum atomic E-state index is -4.12. The molecule has 0 unspecified atom stereocenters. The quantitative estimate of drug-likeness (QED) is 0.0312. The maximum Gasteiger partial charge on any atom is 1.00 e. The molecular weight excluding hydrogens is 1120 g/mol. The van der Waals surface area contributed by atoms with Gasteiger partial charge in [0.1, 0.15) is 0 Å². The number of sulfonamides is 4. The fraction of sp³-hybridized carbons (Fsp3) is 0.351. The van der Waals surface area contributed by atoms with E-state index < -0.39 is 102 Å². The second kappa shape index (κ2) is 28.6. The number of nitrogens with one attached hydrogen (secondary N) is 2. The number of para-hydroxylation sites is 4. The molecule has 0 atom stereocenters. The zero-order valence-electron chi connectivity index (χ0n) is 39.0. The van der Waals surface area contributed by atoms with Crippen LogP contribution in [-0.4, -0.2) is 157 Å². The third-order valence-corrected chi connectivity index (χ3v) is 16.2. The van der Waals surface area contributed by atoms with E-state index in [2.05, 4.69) is 32.0 Å². The van der Waals surface area contributed by atoms with Crippen LogP contribution in [0.4, 0.5) is 22.7 Å². The molecule has 32 heteroatoms. The molecule has 0 aromatic heterocycles. The summed E-state index contributed by atoms with van der Waals surface area (Å²) in [7, 11) is -10.6. The van der Waals surface area contributed by atoms with Gasteiger partial charge >= 0.3 is 29.6 Å². The van der Waals surface area contributed by atoms with Crippen molar-refractivity contribution in [2.45, 2.75) is 19.6 Å². The first kappa shape index (κ1) is 62.8. The van der Waals surface area contributed by atoms with E-state index in [-0.39, 0.29) is 83.3 Å². The summed E-state index contributed by atoms with van der Waals surface area (Å²) in [6.07, 6.45) is 0. The average molecular weight is 1170 g/mol. The molecule has 0 saturated heterocycles. The second-order valence-corrected chi connectivity index (χ2v) is 21.5. The molecule has 0 amide bonds. The number of nitro groups is 4. The van der Waals surface area contributed by atoms with Crippen LogP contribution >= 0.6 is 22.6 Å². The third kappa shape index (κ3) is 18.2. The summed E-state index contributed by atoms with van der Waals surface area (Å²) >= 11 is 2.15. The Labute approximate surface area is 436 Å². The molecule has 376 valence electrons. The van der Waals surface area contributed by atoms with Gasteiger partial charge in [-0.15, -0.1) is 0 Å². The first-order valence-electron chi connectivity index (χ1n) is 19.4. The molecule has 0 saturated carbocycles. The van der Waals surface area contributed by atoms with Crippen LogP contribution in [0.25, 0.3) is 0 Å². The van der Waals surface area contributed by atoms with Gasteiger partial charge in [-0.1, -0.05) is 71.1 Å². The Morgan fingerprint density at radius 2 is 0.667 bits per heavy atom. The van der Waals surface area contributed by atoms with Crippen LogP contribution in [0.2, 0.25) is 0 Å². The van der Waals surface area contributed by atoms with Crippen molar-refractivity contribution in [3.63, 3.8) is 0 Å². The number of benzene rings is 4. The third-order valence-electron chi connectivity index (χ3n) is 9.37. The normalized spacial score (nSPS) is 11.8. The van der Waals surface area contributed by atoms with Crippen LogP contribution in [0, 0.1) is 40.5 Å². The molecule has 0 aliphatic carbocycles. The van der Waals surface area contributed by atoms with E-state index in [4.69, 9.17) is 0 Å². The maximum absolute atomic E-state index is 12.8. The van der Waals surface area contributed by atoms with E-state index >= 15 is 0 Å². The monoisotopic (exact) mass is 1170 g/mol. The van der Waals surface area contributed by atoms with E-state index in [0.29, 0.717) is 0 Å². The zero-order chi connectivity index (χ0) is 51.6. The number of halogens is 1. The Bertz CT molecular complexity index is 2690. The summed E-state index contributed by atoms with van der Waals surface area (Å²) in [5.74, 6) is 0. The summed E-state index contributed by atoms with van der Waals surface area (Å²) in [5, 5.41) is 44.4. The number of hydrogen-bond donors (Lipinski definition) is 2. The molecule has 0 aliphatic heterocycles. The van der Waals surface area contributed by atoms with Crippen LogP contribution in [0.5, 0.6) is 0 Å². The van der Waals surface area contributed by atoms with Gasteiger partial charge in [-0.3, -0.25) is 40.5 Å². The zero-order valence-corrected chi connectivity index (χ0v) is 45.4. The van der Waals surface area contributed by atoms with Crippen LogP contribution < -0.4 is 39.0 Å². The fourth-order valence-electron chi connectivity index (χ4n) is 5.64. The molecule has 26 nitrogen and oxygen atoms in total. The van der Waals surface area contributed by atoms with Gasteiger partial charge in [0.15, 0.2) is 19.6 Å². The number of rotatable bonds is 24. The van der Waals surface area contributed by atoms with Crippen molar-refractivity contribution in [2.75, 3.05) is 85.5 Å². The second-order valence-electron chi connectivity index (χ2n) is 14.0. The summed E-state index contributed by atoms with van der Waals surface area (Å²) in [4.78, 5) is 44.8. The van der Waals surface area contributed by atoms with Crippen molar-refractivity contribution < 1.29 is 84.3 Å². The Balaban J connectivity index is 0.00000128. The Morgan fingerprint density at radius 3 is 0.942 bits per heavy atom. The fourth-order valence-corrected chi connectivity index (χ4v) is 10.7. The molecule has 2 N–H and O–H groups in total. The van der Waals surface area contributed by atoms with Gasteiger partial charge in [0.2, 0.25) is 40.1 Å². The van der Waals surface area contributed by atoms with Crippen molar-refractivity contribution in [1.82, 2.24) is 27.9 Å². The van der Waals surface area contributed by atoms with Gasteiger partial charge in [0, 0.05) is 90.7 Å². The van der Waals surface area contributed by atoms with E-state index in [1.165, 1.54) is 62.6 Å². The molecule has 4 aromatic rings. The minimum absolute atomic E-state index is 0. The SMILES string of the molecule is CI.CN(CCN(C)S(=O)(=O)c1ccccc1[N+](=O)[O-])CCN(C)S(=O)(=O)c1ccccc1[N+](=O)[O-].CN(CCNS(=O)(=O)c1ccccc1[N+](=O)[O-])CCNS(=O)(=O)c1ccccc1[N+](=O)[O-].[H-].[Na+]. The van der Waals surface area contributed by atoms with E-state index in [1.54, 1.807) is 23.9 Å². The van der Waals surface area contributed by atoms with E-state index in [9.17, 15) is 74.1 Å². The summed E-state index contributed by atoms with van der Waals surface area (Å²) < 4.78 is 107. The molecular formula is C37H50IN10NaO16S4. The summed E-state index contributed by atoms with van der Waals surface area (Å²) in [6.45, 7) is 0.576. The van der Waals surface area contributed by atoms with Gasteiger partial charge in [-0.25, -0.2) is 43.1 Å². The van der Waals surface area contributed by atoms with Crippen molar-refractivity contribution in [2.24, 2.45) is 0 Å². The van der Waals surface area contributed by atoms with Gasteiger partial charge in [-0.05, 0) is 43.3 Å². The maximum atomic E-state index is 12.8. The molecule has 0 aliphatic rings. The van der Waals surface area contributed by atoms with Gasteiger partial charge in [0.25, 0.3) is 22.7 Å². The standard InChI is InChI=1S/C19H25N5O8S2.C17H21N5O8S2.CH3I.Na.H/c1-20(12-14-21(2)33(29,30)18-10-6-4-8-16(18)23(25)26)13-15-22(3)34(31,32)19-11-7-5-9-17(19)24(27)28;1-20(12-10-18-31(27,28)16-8-4-2-6-14(16)21(23)24)13-11-19-32(29,30)17-9-5-3-7-15(17)22(25)26;1-2;;/h4-11H,12-15H2,1-3H3;2-9,18-19H,10-13H2,1H3;1H3;;/q;;;+1;-1. The first-order chi connectivity index (χ1) is 31.7. The van der Waals surface area contributed by atoms with Crippen molar-refractivity contribution in [1.29, 1.82) is 0 Å². The number of nitro benzene ring substituents is 4. The Hall–Kier alpha value is -4.23. The first-order valence-corrected chi connectivity index (χ1v) is 27.4. The number of hydrogen-bond acceptors (Lipinski definition) is 18. The van der Waals surface area contributed by atoms with E-state index in [1.807, 2.05) is 4.93 Å². The summed E-state index contributed by atoms with van der Waals surface area (Å²) in [5.41, 5.74) is -2.13. The van der Waals surface area contributed by atoms with Crippen molar-refractivity contribution >= 4 is 85.4 Å². The van der Waals surface area contributed by atoms with Crippen LogP contribution in [0.3, 0.4) is 0 Å². The summed E-state index contributed by atoms with van der Waals surface area (Å²) in [6, 6.07) is 20.0. The number of alkyl halides is 1. The predicted molar refractivity (Wildman–Crippen MR) is 258 cm³/mol. The predicted octanol–water partition coefficient (Wildman–Crippen LogP) is 0.235. The van der Waals surface area contributed by atoms with Gasteiger partial charge in [0.05, 0.1) is 19.7 Å². The smallest absolute Gasteiger partial charge is 1.00 e. The molecule has 0 bridgehead atoms. The Kier molecular flexibility index (Phi) is 26.0. The molecule has 0 fully saturated rings. The van der Waals surface area contributed by atoms with Gasteiger partial charge < -0.3 is 11.2 Å². The van der Waals surface area contributed by atoms with Crippen molar-refractivity contribution in [3.05, 3.63) is 138 Å². The average Bonchev–Trinajstić information content (AvgIpc) is 3.30. The number of nitrogens with zero attached hydrogens (tertiary/aromatic N) is 8. The molecule has 0 radical (unpaired) electrons. The Morgan fingerprint density at radius 1 is 0.435 bits per heavy atom. The molecule has 0 spiro atoms. The molecule has 4 rings (SSSR count). The number of likely N-dealkylation sites (N-methyl/N-ethyl adjacent to an activating group) is 4. The van der Waals surface area contributed by atoms with Crippen LogP contribution in [-0.2, 0) is 40.1 Å². The van der Waals surface area contributed by atoms with Gasteiger partial charge in [-0.2, -0.15) is 8.61 Å². The van der Waals surface area contributed by atoms with Crippen LogP contribution in [0.15, 0.2) is 117 Å². The molecule has 0 heterocycles. The van der Waals surface area contributed by atoms with E-state index in [0.717, 1.165) is 57.1 Å². The minimum Gasteiger partial charge on any atom is -1.00 e.